The van der Waals surface area contributed by atoms with Crippen LogP contribution in [0.5, 0.6) is 0 Å². The minimum absolute atomic E-state index is 0.309. The molecule has 0 spiro atoms. The molecule has 1 heterocycles. The van der Waals surface area contributed by atoms with E-state index in [0.29, 0.717) is 30.6 Å². The Bertz CT molecular complexity index is 618. The topological polar surface area (TPSA) is 29.5 Å². The fourth-order valence-corrected chi connectivity index (χ4v) is 2.43. The van der Waals surface area contributed by atoms with E-state index in [1.165, 1.54) is 0 Å². The van der Waals surface area contributed by atoms with E-state index in [-0.39, 0.29) is 6.09 Å². The predicted octanol–water partition coefficient (Wildman–Crippen LogP) is 4.30. The number of aryl methyl sites for hydroxylation is 1. The number of amides is 1. The SMILES string of the molecule is Cc1ccc(F)c(F)c1C1=CCN(C(=O)OC(C)(C)C)CC1. The second kappa shape index (κ2) is 6.07. The van der Waals surface area contributed by atoms with E-state index < -0.39 is 17.2 Å². The molecule has 0 radical (unpaired) electrons. The molecule has 0 fully saturated rings. The van der Waals surface area contributed by atoms with Crippen LogP contribution >= 0.6 is 0 Å². The number of ether oxygens (including phenoxy) is 1. The van der Waals surface area contributed by atoms with Crippen LogP contribution in [-0.2, 0) is 4.74 Å². The molecule has 0 bridgehead atoms. The zero-order chi connectivity index (χ0) is 16.5. The quantitative estimate of drug-likeness (QED) is 0.774. The van der Waals surface area contributed by atoms with Crippen molar-refractivity contribution in [1.82, 2.24) is 4.90 Å². The Kier molecular flexibility index (Phi) is 4.54. The molecule has 0 saturated heterocycles. The summed E-state index contributed by atoms with van der Waals surface area (Å²) in [6.45, 7) is 7.93. The van der Waals surface area contributed by atoms with Gasteiger partial charge in [-0.2, -0.15) is 0 Å². The molecule has 1 aliphatic heterocycles. The smallest absolute Gasteiger partial charge is 0.410 e. The number of hydrogen-bond donors (Lipinski definition) is 0. The number of halogens is 2. The minimum Gasteiger partial charge on any atom is -0.444 e. The van der Waals surface area contributed by atoms with E-state index in [0.717, 1.165) is 11.6 Å². The number of carbonyl (C=O) groups is 1. The molecule has 120 valence electrons. The van der Waals surface area contributed by atoms with E-state index in [1.807, 2.05) is 20.8 Å². The van der Waals surface area contributed by atoms with Crippen LogP contribution in [0, 0.1) is 18.6 Å². The second-order valence-electron chi connectivity index (χ2n) is 6.46. The molecule has 1 aromatic rings. The first-order valence-electron chi connectivity index (χ1n) is 7.31. The molecule has 0 aliphatic carbocycles. The molecule has 3 nitrogen and oxygen atoms in total. The Hall–Kier alpha value is -1.91. The van der Waals surface area contributed by atoms with Crippen molar-refractivity contribution in [3.63, 3.8) is 0 Å². The highest BCUT2D eigenvalue weighted by atomic mass is 19.2. The molecular weight excluding hydrogens is 288 g/mol. The third-order valence-electron chi connectivity index (χ3n) is 3.49. The number of rotatable bonds is 1. The van der Waals surface area contributed by atoms with Crippen LogP contribution in [0.15, 0.2) is 18.2 Å². The number of benzene rings is 1. The molecule has 5 heteroatoms. The summed E-state index contributed by atoms with van der Waals surface area (Å²) in [7, 11) is 0. The van der Waals surface area contributed by atoms with Crippen LogP contribution in [0.3, 0.4) is 0 Å². The van der Waals surface area contributed by atoms with Crippen LogP contribution in [0.2, 0.25) is 0 Å². The summed E-state index contributed by atoms with van der Waals surface area (Å²) in [6, 6.07) is 2.69. The van der Waals surface area contributed by atoms with Crippen LogP contribution in [-0.4, -0.2) is 29.7 Å². The van der Waals surface area contributed by atoms with Gasteiger partial charge in [0.2, 0.25) is 0 Å². The molecule has 22 heavy (non-hydrogen) atoms. The molecule has 0 N–H and O–H groups in total. The molecule has 1 aromatic carbocycles. The second-order valence-corrected chi connectivity index (χ2v) is 6.46. The van der Waals surface area contributed by atoms with Gasteiger partial charge in [-0.25, -0.2) is 13.6 Å². The molecule has 1 aliphatic rings. The Morgan fingerprint density at radius 2 is 1.95 bits per heavy atom. The maximum Gasteiger partial charge on any atom is 0.410 e. The van der Waals surface area contributed by atoms with E-state index in [1.54, 1.807) is 24.0 Å². The standard InChI is InChI=1S/C17H21F2NO2/c1-11-5-6-13(18)15(19)14(11)12-7-9-20(10-8-12)16(21)22-17(2,3)4/h5-7H,8-10H2,1-4H3. The van der Waals surface area contributed by atoms with Gasteiger partial charge < -0.3 is 9.64 Å². The molecule has 2 rings (SSSR count). The number of hydrogen-bond acceptors (Lipinski definition) is 2. The van der Waals surface area contributed by atoms with Gasteiger partial charge in [0, 0.05) is 18.7 Å². The predicted molar refractivity (Wildman–Crippen MR) is 81.5 cm³/mol. The van der Waals surface area contributed by atoms with Crippen molar-refractivity contribution in [1.29, 1.82) is 0 Å². The number of carbonyl (C=O) groups excluding carboxylic acids is 1. The summed E-state index contributed by atoms with van der Waals surface area (Å²) in [5.41, 5.74) is 1.18. The Morgan fingerprint density at radius 3 is 2.50 bits per heavy atom. The lowest BCUT2D eigenvalue weighted by atomic mass is 9.95. The van der Waals surface area contributed by atoms with Gasteiger partial charge in [0.1, 0.15) is 5.60 Å². The van der Waals surface area contributed by atoms with E-state index >= 15 is 0 Å². The fourth-order valence-electron chi connectivity index (χ4n) is 2.43. The van der Waals surface area contributed by atoms with Crippen molar-refractivity contribution in [2.45, 2.75) is 39.7 Å². The average molecular weight is 309 g/mol. The van der Waals surface area contributed by atoms with Crippen molar-refractivity contribution in [3.05, 3.63) is 41.0 Å². The van der Waals surface area contributed by atoms with Crippen LogP contribution < -0.4 is 0 Å². The molecule has 0 aromatic heterocycles. The molecule has 0 atom stereocenters. The van der Waals surface area contributed by atoms with Gasteiger partial charge >= 0.3 is 6.09 Å². The molecule has 0 saturated carbocycles. The fraction of sp³-hybridized carbons (Fsp3) is 0.471. The molecular formula is C17H21F2NO2. The van der Waals surface area contributed by atoms with Crippen molar-refractivity contribution in [3.8, 4) is 0 Å². The first-order chi connectivity index (χ1) is 10.2. The number of nitrogens with zero attached hydrogens (tertiary/aromatic N) is 1. The monoisotopic (exact) mass is 309 g/mol. The largest absolute Gasteiger partial charge is 0.444 e. The van der Waals surface area contributed by atoms with Gasteiger partial charge in [0.05, 0.1) is 0 Å². The Balaban J connectivity index is 2.16. The average Bonchev–Trinajstić information content (AvgIpc) is 2.42. The normalized spacial score (nSPS) is 15.5. The van der Waals surface area contributed by atoms with Crippen molar-refractivity contribution < 1.29 is 18.3 Å². The highest BCUT2D eigenvalue weighted by Crippen LogP contribution is 2.29. The Labute approximate surface area is 129 Å². The van der Waals surface area contributed by atoms with E-state index in [9.17, 15) is 13.6 Å². The summed E-state index contributed by atoms with van der Waals surface area (Å²) in [6.07, 6.45) is 1.85. The third-order valence-corrected chi connectivity index (χ3v) is 3.49. The highest BCUT2D eigenvalue weighted by Gasteiger charge is 2.25. The maximum absolute atomic E-state index is 14.0. The maximum atomic E-state index is 14.0. The van der Waals surface area contributed by atoms with E-state index in [4.69, 9.17) is 4.74 Å². The molecule has 1 amide bonds. The Morgan fingerprint density at radius 1 is 1.27 bits per heavy atom. The third kappa shape index (κ3) is 3.64. The first-order valence-corrected chi connectivity index (χ1v) is 7.31. The first kappa shape index (κ1) is 16.5. The van der Waals surface area contributed by atoms with Gasteiger partial charge in [0.25, 0.3) is 0 Å². The van der Waals surface area contributed by atoms with Gasteiger partial charge in [0.15, 0.2) is 11.6 Å². The van der Waals surface area contributed by atoms with Gasteiger partial charge in [-0.1, -0.05) is 12.1 Å². The zero-order valence-corrected chi connectivity index (χ0v) is 13.4. The summed E-state index contributed by atoms with van der Waals surface area (Å²) in [4.78, 5) is 13.5. The van der Waals surface area contributed by atoms with Gasteiger partial charge in [-0.05, 0) is 51.3 Å². The lowest BCUT2D eigenvalue weighted by molar-refractivity contribution is 0.0270. The highest BCUT2D eigenvalue weighted by molar-refractivity contribution is 5.74. The summed E-state index contributed by atoms with van der Waals surface area (Å²) in [5.74, 6) is -1.67. The summed E-state index contributed by atoms with van der Waals surface area (Å²) < 4.78 is 32.7. The van der Waals surface area contributed by atoms with Crippen LogP contribution in [0.1, 0.15) is 38.3 Å². The summed E-state index contributed by atoms with van der Waals surface area (Å²) in [5, 5.41) is 0. The molecule has 0 unspecified atom stereocenters. The van der Waals surface area contributed by atoms with Gasteiger partial charge in [-0.3, -0.25) is 0 Å². The van der Waals surface area contributed by atoms with Crippen molar-refractivity contribution >= 4 is 11.7 Å². The van der Waals surface area contributed by atoms with Crippen molar-refractivity contribution in [2.24, 2.45) is 0 Å². The lowest BCUT2D eigenvalue weighted by Gasteiger charge is -2.30. The van der Waals surface area contributed by atoms with Crippen LogP contribution in [0.4, 0.5) is 13.6 Å². The van der Waals surface area contributed by atoms with E-state index in [2.05, 4.69) is 0 Å². The van der Waals surface area contributed by atoms with Crippen molar-refractivity contribution in [2.75, 3.05) is 13.1 Å². The van der Waals surface area contributed by atoms with Gasteiger partial charge in [-0.15, -0.1) is 0 Å². The minimum atomic E-state index is -0.851. The van der Waals surface area contributed by atoms with Crippen LogP contribution in [0.25, 0.3) is 5.57 Å². The summed E-state index contributed by atoms with van der Waals surface area (Å²) >= 11 is 0. The lowest BCUT2D eigenvalue weighted by Crippen LogP contribution is -2.39. The zero-order valence-electron chi connectivity index (χ0n) is 13.4.